The SMILES string of the molecule is O[C@H](COc1ccc(-c2ccccc2)cc1)Cn1cnc2cc(F)c(F)cc21. The summed E-state index contributed by atoms with van der Waals surface area (Å²) in [5.74, 6) is -1.25. The Bertz CT molecular complexity index is 1080. The van der Waals surface area contributed by atoms with Crippen molar-refractivity contribution in [1.29, 1.82) is 0 Å². The minimum atomic E-state index is -0.946. The van der Waals surface area contributed by atoms with E-state index in [0.29, 0.717) is 16.8 Å². The largest absolute Gasteiger partial charge is 0.491 e. The Morgan fingerprint density at radius 3 is 2.36 bits per heavy atom. The molecule has 1 N–H and O–H groups in total. The summed E-state index contributed by atoms with van der Waals surface area (Å²) in [6.07, 6.45) is 0.612. The van der Waals surface area contributed by atoms with Crippen LogP contribution in [0.25, 0.3) is 22.2 Å². The van der Waals surface area contributed by atoms with Gasteiger partial charge in [0.2, 0.25) is 0 Å². The van der Waals surface area contributed by atoms with Gasteiger partial charge in [-0.1, -0.05) is 42.5 Å². The lowest BCUT2D eigenvalue weighted by atomic mass is 10.1. The third kappa shape index (κ3) is 3.87. The quantitative estimate of drug-likeness (QED) is 0.539. The number of nitrogens with zero attached hydrogens (tertiary/aromatic N) is 2. The molecular weight excluding hydrogens is 362 g/mol. The molecule has 1 heterocycles. The molecule has 0 radical (unpaired) electrons. The third-order valence-electron chi connectivity index (χ3n) is 4.47. The summed E-state index contributed by atoms with van der Waals surface area (Å²) in [5, 5.41) is 10.3. The number of fused-ring (bicyclic) bond motifs is 1. The number of aromatic nitrogens is 2. The molecule has 0 unspecified atom stereocenters. The molecule has 28 heavy (non-hydrogen) atoms. The van der Waals surface area contributed by atoms with Gasteiger partial charge in [0, 0.05) is 12.1 Å². The number of benzene rings is 3. The Hall–Kier alpha value is -3.25. The zero-order valence-electron chi connectivity index (χ0n) is 14.9. The Morgan fingerprint density at radius 1 is 0.929 bits per heavy atom. The number of hydrogen-bond donors (Lipinski definition) is 1. The van der Waals surface area contributed by atoms with E-state index in [-0.39, 0.29) is 13.2 Å². The molecule has 4 aromatic rings. The fourth-order valence-corrected chi connectivity index (χ4v) is 3.05. The maximum Gasteiger partial charge on any atom is 0.161 e. The number of ether oxygens (including phenoxy) is 1. The molecule has 0 aliphatic rings. The van der Waals surface area contributed by atoms with Crippen molar-refractivity contribution < 1.29 is 18.6 Å². The van der Waals surface area contributed by atoms with Gasteiger partial charge in [0.25, 0.3) is 0 Å². The average molecular weight is 380 g/mol. The van der Waals surface area contributed by atoms with Crippen LogP contribution in [0.5, 0.6) is 5.75 Å². The standard InChI is InChI=1S/C22H18F2N2O2/c23-19-10-21-22(11-20(19)24)26(14-25-21)12-17(27)13-28-18-8-6-16(7-9-18)15-4-2-1-3-5-15/h1-11,14,17,27H,12-13H2/t17-/m0/s1. The van der Waals surface area contributed by atoms with Crippen molar-refractivity contribution in [3.63, 3.8) is 0 Å². The molecule has 4 nitrogen and oxygen atoms in total. The Labute approximate surface area is 160 Å². The van der Waals surface area contributed by atoms with E-state index in [9.17, 15) is 13.9 Å². The van der Waals surface area contributed by atoms with Crippen LogP contribution in [-0.2, 0) is 6.54 Å². The minimum absolute atomic E-state index is 0.0635. The second kappa shape index (κ2) is 7.78. The topological polar surface area (TPSA) is 47.3 Å². The molecule has 0 amide bonds. The van der Waals surface area contributed by atoms with E-state index in [1.807, 2.05) is 54.6 Å². The second-order valence-corrected chi connectivity index (χ2v) is 6.51. The molecular formula is C22H18F2N2O2. The number of hydrogen-bond acceptors (Lipinski definition) is 3. The van der Waals surface area contributed by atoms with Crippen LogP contribution in [0.2, 0.25) is 0 Å². The summed E-state index contributed by atoms with van der Waals surface area (Å²) in [5.41, 5.74) is 2.95. The lowest BCUT2D eigenvalue weighted by Crippen LogP contribution is -2.23. The van der Waals surface area contributed by atoms with Crippen LogP contribution < -0.4 is 4.74 Å². The van der Waals surface area contributed by atoms with E-state index >= 15 is 0 Å². The molecule has 142 valence electrons. The number of aliphatic hydroxyl groups excluding tert-OH is 1. The molecule has 0 aliphatic heterocycles. The molecule has 0 saturated carbocycles. The van der Waals surface area contributed by atoms with Crippen LogP contribution in [0.15, 0.2) is 73.1 Å². The molecule has 0 saturated heterocycles. The van der Waals surface area contributed by atoms with E-state index in [4.69, 9.17) is 4.74 Å². The molecule has 6 heteroatoms. The molecule has 0 aliphatic carbocycles. The van der Waals surface area contributed by atoms with Crippen molar-refractivity contribution in [3.05, 3.63) is 84.7 Å². The predicted molar refractivity (Wildman–Crippen MR) is 103 cm³/mol. The van der Waals surface area contributed by atoms with Crippen molar-refractivity contribution >= 4 is 11.0 Å². The first-order valence-corrected chi connectivity index (χ1v) is 8.86. The van der Waals surface area contributed by atoms with E-state index in [0.717, 1.165) is 23.3 Å². The molecule has 1 atom stereocenters. The lowest BCUT2D eigenvalue weighted by molar-refractivity contribution is 0.0934. The molecule has 1 aromatic heterocycles. The van der Waals surface area contributed by atoms with Crippen LogP contribution in [0.4, 0.5) is 8.78 Å². The Kier molecular flexibility index (Phi) is 5.04. The second-order valence-electron chi connectivity index (χ2n) is 6.51. The highest BCUT2D eigenvalue weighted by Gasteiger charge is 2.12. The summed E-state index contributed by atoms with van der Waals surface area (Å²) in [6, 6.07) is 19.7. The number of imidazole rings is 1. The highest BCUT2D eigenvalue weighted by atomic mass is 19.2. The van der Waals surface area contributed by atoms with Gasteiger partial charge in [-0.15, -0.1) is 0 Å². The van der Waals surface area contributed by atoms with Crippen LogP contribution in [-0.4, -0.2) is 27.4 Å². The zero-order chi connectivity index (χ0) is 19.5. The van der Waals surface area contributed by atoms with Gasteiger partial charge in [-0.05, 0) is 23.3 Å². The number of aliphatic hydroxyl groups is 1. The minimum Gasteiger partial charge on any atom is -0.491 e. The van der Waals surface area contributed by atoms with Gasteiger partial charge >= 0.3 is 0 Å². The summed E-state index contributed by atoms with van der Waals surface area (Å²) in [7, 11) is 0. The lowest BCUT2D eigenvalue weighted by Gasteiger charge is -2.14. The predicted octanol–water partition coefficient (Wildman–Crippen LogP) is 4.42. The molecule has 0 spiro atoms. The van der Waals surface area contributed by atoms with Gasteiger partial charge in [0.1, 0.15) is 18.5 Å². The van der Waals surface area contributed by atoms with Gasteiger partial charge in [-0.25, -0.2) is 13.8 Å². The smallest absolute Gasteiger partial charge is 0.161 e. The van der Waals surface area contributed by atoms with E-state index < -0.39 is 17.7 Å². The summed E-state index contributed by atoms with van der Waals surface area (Å²) in [4.78, 5) is 4.03. The maximum absolute atomic E-state index is 13.5. The maximum atomic E-state index is 13.5. The van der Waals surface area contributed by atoms with Crippen molar-refractivity contribution in [2.75, 3.05) is 6.61 Å². The first kappa shape index (κ1) is 18.1. The van der Waals surface area contributed by atoms with Gasteiger partial charge < -0.3 is 14.4 Å². The fourth-order valence-electron chi connectivity index (χ4n) is 3.05. The monoisotopic (exact) mass is 380 g/mol. The zero-order valence-corrected chi connectivity index (χ0v) is 14.9. The Morgan fingerprint density at radius 2 is 1.61 bits per heavy atom. The summed E-state index contributed by atoms with van der Waals surface area (Å²) in [6.45, 7) is 0.220. The van der Waals surface area contributed by atoms with E-state index in [1.165, 1.54) is 6.33 Å². The average Bonchev–Trinajstić information content (AvgIpc) is 3.09. The normalized spacial score (nSPS) is 12.2. The number of halogens is 2. The molecule has 3 aromatic carbocycles. The highest BCUT2D eigenvalue weighted by Crippen LogP contribution is 2.22. The van der Waals surface area contributed by atoms with E-state index in [2.05, 4.69) is 4.98 Å². The Balaban J connectivity index is 1.38. The van der Waals surface area contributed by atoms with Crippen LogP contribution in [0.3, 0.4) is 0 Å². The van der Waals surface area contributed by atoms with Gasteiger partial charge in [-0.2, -0.15) is 0 Å². The van der Waals surface area contributed by atoms with E-state index in [1.54, 1.807) is 4.57 Å². The molecule has 0 bridgehead atoms. The molecule has 4 rings (SSSR count). The highest BCUT2D eigenvalue weighted by molar-refractivity contribution is 5.75. The van der Waals surface area contributed by atoms with Gasteiger partial charge in [0.05, 0.1) is 23.9 Å². The fraction of sp³-hybridized carbons (Fsp3) is 0.136. The summed E-state index contributed by atoms with van der Waals surface area (Å²) >= 11 is 0. The van der Waals surface area contributed by atoms with Crippen molar-refractivity contribution in [1.82, 2.24) is 9.55 Å². The third-order valence-corrected chi connectivity index (χ3v) is 4.47. The molecule has 0 fully saturated rings. The van der Waals surface area contributed by atoms with Crippen molar-refractivity contribution in [3.8, 4) is 16.9 Å². The van der Waals surface area contributed by atoms with Crippen LogP contribution in [0.1, 0.15) is 0 Å². The first-order chi connectivity index (χ1) is 13.6. The van der Waals surface area contributed by atoms with Crippen molar-refractivity contribution in [2.45, 2.75) is 12.6 Å². The van der Waals surface area contributed by atoms with Crippen molar-refractivity contribution in [2.24, 2.45) is 0 Å². The van der Waals surface area contributed by atoms with Crippen LogP contribution >= 0.6 is 0 Å². The number of rotatable bonds is 6. The first-order valence-electron chi connectivity index (χ1n) is 8.86. The van der Waals surface area contributed by atoms with Gasteiger partial charge in [0.15, 0.2) is 11.6 Å². The summed E-state index contributed by atoms with van der Waals surface area (Å²) < 4.78 is 34.0. The van der Waals surface area contributed by atoms with Crippen LogP contribution in [0, 0.1) is 11.6 Å². The van der Waals surface area contributed by atoms with Gasteiger partial charge in [-0.3, -0.25) is 0 Å².